The molecule has 5 heteroatoms. The van der Waals surface area contributed by atoms with Gasteiger partial charge in [0.25, 0.3) is 5.91 Å². The number of amides is 1. The summed E-state index contributed by atoms with van der Waals surface area (Å²) in [5.74, 6) is 0.433. The van der Waals surface area contributed by atoms with Gasteiger partial charge in [-0.15, -0.1) is 10.2 Å². The maximum absolute atomic E-state index is 12.0. The molecule has 1 unspecified atom stereocenters. The Hall–Kier alpha value is -2.43. The van der Waals surface area contributed by atoms with Crippen LogP contribution in [0.3, 0.4) is 0 Å². The average molecular weight is 270 g/mol. The molecule has 0 saturated carbocycles. The van der Waals surface area contributed by atoms with Gasteiger partial charge in [0.2, 0.25) is 0 Å². The lowest BCUT2D eigenvalue weighted by atomic mass is 10.1. The molecule has 0 radical (unpaired) electrons. The topological polar surface area (TPSA) is 66.9 Å². The van der Waals surface area contributed by atoms with E-state index in [1.165, 1.54) is 5.56 Å². The maximum atomic E-state index is 12.0. The van der Waals surface area contributed by atoms with Crippen molar-refractivity contribution in [3.8, 4) is 0 Å². The highest BCUT2D eigenvalue weighted by atomic mass is 16.2. The van der Waals surface area contributed by atoms with Gasteiger partial charge in [-0.1, -0.05) is 30.3 Å². The fourth-order valence-electron chi connectivity index (χ4n) is 1.90. The molecule has 0 aliphatic carbocycles. The first-order valence-electron chi connectivity index (χ1n) is 6.55. The van der Waals surface area contributed by atoms with Gasteiger partial charge in [-0.05, 0) is 31.0 Å². The normalized spacial score (nSPS) is 11.7. The number of hydrogen-bond donors (Lipinski definition) is 2. The van der Waals surface area contributed by atoms with Crippen LogP contribution in [0.15, 0.2) is 42.5 Å². The monoisotopic (exact) mass is 270 g/mol. The van der Waals surface area contributed by atoms with Crippen molar-refractivity contribution in [3.63, 3.8) is 0 Å². The highest BCUT2D eigenvalue weighted by molar-refractivity contribution is 5.92. The number of aromatic nitrogens is 2. The van der Waals surface area contributed by atoms with E-state index in [-0.39, 0.29) is 11.9 Å². The predicted octanol–water partition coefficient (Wildman–Crippen LogP) is 1.88. The second-order valence-electron chi connectivity index (χ2n) is 4.62. The smallest absolute Gasteiger partial charge is 0.272 e. The van der Waals surface area contributed by atoms with Gasteiger partial charge in [-0.2, -0.15) is 0 Å². The van der Waals surface area contributed by atoms with Crippen LogP contribution in [-0.2, 0) is 6.42 Å². The summed E-state index contributed by atoms with van der Waals surface area (Å²) < 4.78 is 0. The molecule has 104 valence electrons. The molecule has 0 spiro atoms. The van der Waals surface area contributed by atoms with E-state index in [1.807, 2.05) is 37.3 Å². The summed E-state index contributed by atoms with van der Waals surface area (Å²) in [4.78, 5) is 12.0. The second-order valence-corrected chi connectivity index (χ2v) is 4.62. The van der Waals surface area contributed by atoms with E-state index in [2.05, 4.69) is 20.8 Å². The molecule has 5 nitrogen and oxygen atoms in total. The largest absolute Gasteiger partial charge is 0.372 e. The molecule has 20 heavy (non-hydrogen) atoms. The van der Waals surface area contributed by atoms with Crippen molar-refractivity contribution in [2.45, 2.75) is 19.4 Å². The highest BCUT2D eigenvalue weighted by Crippen LogP contribution is 2.04. The number of benzene rings is 1. The van der Waals surface area contributed by atoms with Crippen LogP contribution in [0, 0.1) is 0 Å². The van der Waals surface area contributed by atoms with Crippen LogP contribution in [0.1, 0.15) is 23.0 Å². The summed E-state index contributed by atoms with van der Waals surface area (Å²) in [7, 11) is 1.76. The molecule has 1 heterocycles. The average Bonchev–Trinajstić information content (AvgIpc) is 2.48. The third kappa shape index (κ3) is 3.78. The highest BCUT2D eigenvalue weighted by Gasteiger charge is 2.12. The molecule has 1 atom stereocenters. The summed E-state index contributed by atoms with van der Waals surface area (Å²) >= 11 is 0. The Bertz CT molecular complexity index is 554. The number of nitrogens with zero attached hydrogens (tertiary/aromatic N) is 2. The molecular weight excluding hydrogens is 252 g/mol. The van der Waals surface area contributed by atoms with Gasteiger partial charge >= 0.3 is 0 Å². The van der Waals surface area contributed by atoms with Gasteiger partial charge in [0.1, 0.15) is 5.82 Å². The van der Waals surface area contributed by atoms with Crippen LogP contribution >= 0.6 is 0 Å². The zero-order valence-electron chi connectivity index (χ0n) is 11.6. The van der Waals surface area contributed by atoms with E-state index < -0.39 is 0 Å². The standard InChI is InChI=1S/C15H18N4O/c1-11(10-12-6-4-3-5-7-12)17-15(20)13-8-9-14(16-2)19-18-13/h3-9,11H,10H2,1-2H3,(H,16,19)(H,17,20). The molecule has 0 saturated heterocycles. The van der Waals surface area contributed by atoms with Crippen molar-refractivity contribution in [2.75, 3.05) is 12.4 Å². The van der Waals surface area contributed by atoms with E-state index in [0.717, 1.165) is 6.42 Å². The molecule has 0 fully saturated rings. The van der Waals surface area contributed by atoms with Crippen LogP contribution in [0.2, 0.25) is 0 Å². The van der Waals surface area contributed by atoms with E-state index in [0.29, 0.717) is 11.5 Å². The van der Waals surface area contributed by atoms with Crippen LogP contribution in [-0.4, -0.2) is 29.2 Å². The lowest BCUT2D eigenvalue weighted by Crippen LogP contribution is -2.34. The molecule has 0 aliphatic rings. The maximum Gasteiger partial charge on any atom is 0.272 e. The Labute approximate surface area is 118 Å². The molecule has 1 aromatic heterocycles. The molecular formula is C15H18N4O. The third-order valence-corrected chi connectivity index (χ3v) is 2.92. The summed E-state index contributed by atoms with van der Waals surface area (Å²) in [5.41, 5.74) is 1.51. The van der Waals surface area contributed by atoms with E-state index >= 15 is 0 Å². The van der Waals surface area contributed by atoms with Crippen molar-refractivity contribution >= 4 is 11.7 Å². The van der Waals surface area contributed by atoms with Crippen molar-refractivity contribution in [2.24, 2.45) is 0 Å². The van der Waals surface area contributed by atoms with E-state index in [9.17, 15) is 4.79 Å². The minimum atomic E-state index is -0.205. The number of rotatable bonds is 5. The quantitative estimate of drug-likeness (QED) is 0.870. The Kier molecular flexibility index (Phi) is 4.65. The second kappa shape index (κ2) is 6.65. The summed E-state index contributed by atoms with van der Waals surface area (Å²) in [6.45, 7) is 1.97. The third-order valence-electron chi connectivity index (χ3n) is 2.92. The van der Waals surface area contributed by atoms with Gasteiger partial charge < -0.3 is 10.6 Å². The van der Waals surface area contributed by atoms with Crippen LogP contribution in [0.25, 0.3) is 0 Å². The number of nitrogens with one attached hydrogen (secondary N) is 2. The summed E-state index contributed by atoms with van der Waals surface area (Å²) in [6.07, 6.45) is 0.786. The van der Waals surface area contributed by atoms with Crippen molar-refractivity contribution in [1.82, 2.24) is 15.5 Å². The van der Waals surface area contributed by atoms with Crippen molar-refractivity contribution in [1.29, 1.82) is 0 Å². The van der Waals surface area contributed by atoms with Crippen LogP contribution in [0.4, 0.5) is 5.82 Å². The lowest BCUT2D eigenvalue weighted by Gasteiger charge is -2.13. The number of anilines is 1. The Morgan fingerprint density at radius 3 is 2.50 bits per heavy atom. The zero-order chi connectivity index (χ0) is 14.4. The molecule has 2 rings (SSSR count). The van der Waals surface area contributed by atoms with Gasteiger partial charge in [0, 0.05) is 13.1 Å². The van der Waals surface area contributed by atoms with Crippen molar-refractivity contribution in [3.05, 3.63) is 53.7 Å². The first-order chi connectivity index (χ1) is 9.69. The van der Waals surface area contributed by atoms with Gasteiger partial charge in [0.15, 0.2) is 5.69 Å². The predicted molar refractivity (Wildman–Crippen MR) is 78.7 cm³/mol. The van der Waals surface area contributed by atoms with Gasteiger partial charge in [-0.25, -0.2) is 0 Å². The van der Waals surface area contributed by atoms with Crippen LogP contribution < -0.4 is 10.6 Å². The summed E-state index contributed by atoms with van der Waals surface area (Å²) in [6, 6.07) is 13.5. The van der Waals surface area contributed by atoms with E-state index in [1.54, 1.807) is 19.2 Å². The number of carbonyl (C=O) groups excluding carboxylic acids is 1. The molecule has 1 aromatic carbocycles. The zero-order valence-corrected chi connectivity index (χ0v) is 11.6. The molecule has 0 aliphatic heterocycles. The minimum absolute atomic E-state index is 0.0377. The molecule has 0 bridgehead atoms. The first-order valence-corrected chi connectivity index (χ1v) is 6.55. The minimum Gasteiger partial charge on any atom is -0.372 e. The number of carbonyl (C=O) groups is 1. The molecule has 1 amide bonds. The first kappa shape index (κ1) is 14.0. The number of hydrogen-bond acceptors (Lipinski definition) is 4. The van der Waals surface area contributed by atoms with E-state index in [4.69, 9.17) is 0 Å². The SMILES string of the molecule is CNc1ccc(C(=O)NC(C)Cc2ccccc2)nn1. The fourth-order valence-corrected chi connectivity index (χ4v) is 1.90. The fraction of sp³-hybridized carbons (Fsp3) is 0.267. The molecule has 2 N–H and O–H groups in total. The Morgan fingerprint density at radius 1 is 1.15 bits per heavy atom. The Morgan fingerprint density at radius 2 is 1.90 bits per heavy atom. The molecule has 2 aromatic rings. The van der Waals surface area contributed by atoms with Gasteiger partial charge in [0.05, 0.1) is 0 Å². The Balaban J connectivity index is 1.93. The van der Waals surface area contributed by atoms with Crippen LogP contribution in [0.5, 0.6) is 0 Å². The van der Waals surface area contributed by atoms with Gasteiger partial charge in [-0.3, -0.25) is 4.79 Å². The summed E-state index contributed by atoms with van der Waals surface area (Å²) in [5, 5.41) is 13.6. The lowest BCUT2D eigenvalue weighted by molar-refractivity contribution is 0.0934. The van der Waals surface area contributed by atoms with Crippen molar-refractivity contribution < 1.29 is 4.79 Å².